The number of nitrogens with zero attached hydrogens (tertiary/aromatic N) is 5. The van der Waals surface area contributed by atoms with Crippen LogP contribution in [-0.4, -0.2) is 58.5 Å². The van der Waals surface area contributed by atoms with Crippen LogP contribution in [0, 0.1) is 0 Å². The maximum atomic E-state index is 6.07. The molecule has 2 fully saturated rings. The van der Waals surface area contributed by atoms with Gasteiger partial charge in [0.2, 0.25) is 5.13 Å². The number of benzene rings is 1. The second kappa shape index (κ2) is 7.34. The molecular formula is C20H21N5OS. The summed E-state index contributed by atoms with van der Waals surface area (Å²) >= 11 is 1.60. The number of anilines is 1. The third-order valence-electron chi connectivity index (χ3n) is 5.21. The number of morpholine rings is 1. The van der Waals surface area contributed by atoms with Gasteiger partial charge in [-0.15, -0.1) is 10.2 Å². The number of rotatable bonds is 4. The van der Waals surface area contributed by atoms with Gasteiger partial charge in [0.15, 0.2) is 5.01 Å². The molecule has 138 valence electrons. The van der Waals surface area contributed by atoms with E-state index in [9.17, 15) is 0 Å². The maximum absolute atomic E-state index is 6.07. The van der Waals surface area contributed by atoms with Crippen molar-refractivity contribution in [2.24, 2.45) is 0 Å². The molecule has 0 aliphatic carbocycles. The minimum atomic E-state index is 0.227. The standard InChI is InChI=1S/C20H21N5OS/c1-2-6-15(7-3-1)12-24-10-11-26-18-14-25(13-17(18)24)20-23-22-19(27-20)16-8-4-5-9-21-16/h1-9,17-18H,10-14H2. The Morgan fingerprint density at radius 1 is 1.04 bits per heavy atom. The first-order valence-corrected chi connectivity index (χ1v) is 10.1. The number of hydrogen-bond donors (Lipinski definition) is 0. The Bertz CT molecular complexity index is 888. The molecule has 6 nitrogen and oxygen atoms in total. The fourth-order valence-electron chi connectivity index (χ4n) is 3.86. The predicted octanol–water partition coefficient (Wildman–Crippen LogP) is 2.69. The normalized spacial score (nSPS) is 22.7. The molecule has 27 heavy (non-hydrogen) atoms. The van der Waals surface area contributed by atoms with E-state index in [2.05, 4.69) is 55.3 Å². The molecular weight excluding hydrogens is 358 g/mol. The molecule has 0 bridgehead atoms. The summed E-state index contributed by atoms with van der Waals surface area (Å²) in [7, 11) is 0. The van der Waals surface area contributed by atoms with E-state index in [-0.39, 0.29) is 6.10 Å². The van der Waals surface area contributed by atoms with Crippen LogP contribution in [0.1, 0.15) is 5.56 Å². The quantitative estimate of drug-likeness (QED) is 0.695. The summed E-state index contributed by atoms with van der Waals surface area (Å²) in [6, 6.07) is 16.9. The second-order valence-corrected chi connectivity index (χ2v) is 7.90. The minimum Gasteiger partial charge on any atom is -0.373 e. The van der Waals surface area contributed by atoms with Gasteiger partial charge in [0, 0.05) is 32.4 Å². The molecule has 4 heterocycles. The van der Waals surface area contributed by atoms with Crippen LogP contribution in [0.25, 0.3) is 10.7 Å². The van der Waals surface area contributed by atoms with Gasteiger partial charge in [0.25, 0.3) is 0 Å². The Hall–Kier alpha value is -2.35. The first kappa shape index (κ1) is 16.8. The summed E-state index contributed by atoms with van der Waals surface area (Å²) in [5.41, 5.74) is 2.23. The number of fused-ring (bicyclic) bond motifs is 1. The first-order chi connectivity index (χ1) is 13.4. The summed E-state index contributed by atoms with van der Waals surface area (Å²) in [6.07, 6.45) is 2.01. The number of aromatic nitrogens is 3. The zero-order chi connectivity index (χ0) is 18.1. The van der Waals surface area contributed by atoms with Crippen molar-refractivity contribution in [3.05, 3.63) is 60.3 Å². The van der Waals surface area contributed by atoms with Crippen LogP contribution in [0.4, 0.5) is 5.13 Å². The number of pyridine rings is 1. The van der Waals surface area contributed by atoms with Crippen LogP contribution in [0.5, 0.6) is 0 Å². The van der Waals surface area contributed by atoms with E-state index in [4.69, 9.17) is 4.74 Å². The summed E-state index contributed by atoms with van der Waals surface area (Å²) in [6.45, 7) is 4.52. The Morgan fingerprint density at radius 2 is 1.93 bits per heavy atom. The zero-order valence-electron chi connectivity index (χ0n) is 14.9. The molecule has 2 saturated heterocycles. The lowest BCUT2D eigenvalue weighted by atomic mass is 10.1. The van der Waals surface area contributed by atoms with E-state index in [0.29, 0.717) is 6.04 Å². The molecule has 2 unspecified atom stereocenters. The van der Waals surface area contributed by atoms with Crippen molar-refractivity contribution in [1.29, 1.82) is 0 Å². The molecule has 3 aromatic rings. The largest absolute Gasteiger partial charge is 0.373 e. The van der Waals surface area contributed by atoms with E-state index in [1.165, 1.54) is 5.56 Å². The van der Waals surface area contributed by atoms with E-state index < -0.39 is 0 Å². The number of ether oxygens (including phenoxy) is 1. The Balaban J connectivity index is 1.32. The van der Waals surface area contributed by atoms with Gasteiger partial charge < -0.3 is 9.64 Å². The summed E-state index contributed by atoms with van der Waals surface area (Å²) in [5.74, 6) is 0. The Labute approximate surface area is 162 Å². The third kappa shape index (κ3) is 3.45. The monoisotopic (exact) mass is 379 g/mol. The van der Waals surface area contributed by atoms with Crippen LogP contribution in [0.3, 0.4) is 0 Å². The van der Waals surface area contributed by atoms with E-state index in [1.807, 2.05) is 18.2 Å². The number of hydrogen-bond acceptors (Lipinski definition) is 7. The molecule has 1 aromatic carbocycles. The fraction of sp³-hybridized carbons (Fsp3) is 0.350. The van der Waals surface area contributed by atoms with Crippen LogP contribution >= 0.6 is 11.3 Å². The minimum absolute atomic E-state index is 0.227. The van der Waals surface area contributed by atoms with Crippen LogP contribution in [0.15, 0.2) is 54.7 Å². The average Bonchev–Trinajstić information content (AvgIpc) is 3.37. The lowest BCUT2D eigenvalue weighted by Gasteiger charge is -2.36. The highest BCUT2D eigenvalue weighted by Crippen LogP contribution is 2.32. The molecule has 7 heteroatoms. The predicted molar refractivity (Wildman–Crippen MR) is 106 cm³/mol. The molecule has 2 aromatic heterocycles. The highest BCUT2D eigenvalue weighted by molar-refractivity contribution is 7.18. The van der Waals surface area contributed by atoms with Gasteiger partial charge in [-0.25, -0.2) is 0 Å². The third-order valence-corrected chi connectivity index (χ3v) is 6.22. The van der Waals surface area contributed by atoms with Crippen molar-refractivity contribution in [2.45, 2.75) is 18.7 Å². The molecule has 0 amide bonds. The molecule has 5 rings (SSSR count). The van der Waals surface area contributed by atoms with Crippen LogP contribution in [-0.2, 0) is 11.3 Å². The Kier molecular flexibility index (Phi) is 4.57. The topological polar surface area (TPSA) is 54.4 Å². The van der Waals surface area contributed by atoms with Crippen molar-refractivity contribution in [2.75, 3.05) is 31.1 Å². The van der Waals surface area contributed by atoms with Gasteiger partial charge in [0.1, 0.15) is 5.69 Å². The Morgan fingerprint density at radius 3 is 2.78 bits per heavy atom. The van der Waals surface area contributed by atoms with Gasteiger partial charge in [-0.3, -0.25) is 9.88 Å². The van der Waals surface area contributed by atoms with Crippen molar-refractivity contribution in [3.63, 3.8) is 0 Å². The molecule has 2 aliphatic rings. The van der Waals surface area contributed by atoms with E-state index >= 15 is 0 Å². The lowest BCUT2D eigenvalue weighted by molar-refractivity contribution is -0.0499. The second-order valence-electron chi connectivity index (χ2n) is 6.94. The van der Waals surface area contributed by atoms with Gasteiger partial charge in [-0.2, -0.15) is 0 Å². The molecule has 2 atom stereocenters. The molecule has 0 radical (unpaired) electrons. The van der Waals surface area contributed by atoms with Gasteiger partial charge >= 0.3 is 0 Å². The lowest BCUT2D eigenvalue weighted by Crippen LogP contribution is -2.50. The fourth-order valence-corrected chi connectivity index (χ4v) is 4.70. The van der Waals surface area contributed by atoms with Gasteiger partial charge in [-0.1, -0.05) is 47.7 Å². The van der Waals surface area contributed by atoms with Crippen molar-refractivity contribution in [1.82, 2.24) is 20.1 Å². The van der Waals surface area contributed by atoms with Crippen LogP contribution in [0.2, 0.25) is 0 Å². The van der Waals surface area contributed by atoms with E-state index in [1.54, 1.807) is 17.5 Å². The molecule has 0 N–H and O–H groups in total. The van der Waals surface area contributed by atoms with Crippen molar-refractivity contribution < 1.29 is 4.74 Å². The zero-order valence-corrected chi connectivity index (χ0v) is 15.8. The highest BCUT2D eigenvalue weighted by Gasteiger charge is 2.41. The van der Waals surface area contributed by atoms with E-state index in [0.717, 1.165) is 48.6 Å². The average molecular weight is 379 g/mol. The summed E-state index contributed by atoms with van der Waals surface area (Å²) < 4.78 is 6.07. The molecule has 0 spiro atoms. The molecule has 2 aliphatic heterocycles. The van der Waals surface area contributed by atoms with Gasteiger partial charge in [-0.05, 0) is 17.7 Å². The maximum Gasteiger partial charge on any atom is 0.208 e. The van der Waals surface area contributed by atoms with Crippen molar-refractivity contribution >= 4 is 16.5 Å². The highest BCUT2D eigenvalue weighted by atomic mass is 32.1. The molecule has 0 saturated carbocycles. The SMILES string of the molecule is c1ccc(CN2CCOC3CN(c4nnc(-c5ccccn5)s4)CC32)cc1. The summed E-state index contributed by atoms with van der Waals surface area (Å²) in [4.78, 5) is 9.23. The first-order valence-electron chi connectivity index (χ1n) is 9.26. The smallest absolute Gasteiger partial charge is 0.208 e. The van der Waals surface area contributed by atoms with Gasteiger partial charge in [0.05, 0.1) is 18.8 Å². The summed E-state index contributed by atoms with van der Waals surface area (Å²) in [5, 5.41) is 10.6. The van der Waals surface area contributed by atoms with Crippen LogP contribution < -0.4 is 4.90 Å². The van der Waals surface area contributed by atoms with Crippen molar-refractivity contribution in [3.8, 4) is 10.7 Å².